The van der Waals surface area contributed by atoms with Crippen molar-refractivity contribution in [3.8, 4) is 5.88 Å². The van der Waals surface area contributed by atoms with E-state index in [9.17, 15) is 9.59 Å². The van der Waals surface area contributed by atoms with Crippen molar-refractivity contribution in [3.05, 3.63) is 58.2 Å². The number of halogens is 1. The molecule has 6 nitrogen and oxygen atoms in total. The van der Waals surface area contributed by atoms with E-state index < -0.39 is 0 Å². The molecule has 0 saturated carbocycles. The number of carbonyl (C=O) groups is 2. The van der Waals surface area contributed by atoms with Crippen molar-refractivity contribution in [3.63, 3.8) is 0 Å². The van der Waals surface area contributed by atoms with Crippen LogP contribution in [0.4, 0.5) is 0 Å². The highest BCUT2D eigenvalue weighted by Crippen LogP contribution is 2.13. The van der Waals surface area contributed by atoms with E-state index in [0.29, 0.717) is 18.1 Å². The van der Waals surface area contributed by atoms with Crippen LogP contribution in [0.2, 0.25) is 0 Å². The third-order valence-electron chi connectivity index (χ3n) is 3.10. The van der Waals surface area contributed by atoms with Crippen LogP contribution in [0, 0.1) is 0 Å². The molecule has 2 rings (SSSR count). The van der Waals surface area contributed by atoms with Crippen LogP contribution < -0.4 is 15.4 Å². The van der Waals surface area contributed by atoms with Crippen LogP contribution in [0.25, 0.3) is 0 Å². The minimum Gasteiger partial charge on any atom is -0.478 e. The van der Waals surface area contributed by atoms with Gasteiger partial charge in [0.05, 0.1) is 13.2 Å². The van der Waals surface area contributed by atoms with Crippen molar-refractivity contribution in [1.82, 2.24) is 15.6 Å². The Kier molecular flexibility index (Phi) is 6.74. The van der Waals surface area contributed by atoms with Crippen LogP contribution in [0.15, 0.2) is 47.1 Å². The monoisotopic (exact) mass is 391 g/mol. The molecule has 0 radical (unpaired) electrons. The SMILES string of the molecule is CCOc1ncccc1CNC(=O)CNC(=O)c1cccc(Br)c1. The third-order valence-corrected chi connectivity index (χ3v) is 3.60. The highest BCUT2D eigenvalue weighted by molar-refractivity contribution is 9.10. The molecular weight excluding hydrogens is 374 g/mol. The summed E-state index contributed by atoms with van der Waals surface area (Å²) in [5.41, 5.74) is 1.27. The number of hydrogen-bond acceptors (Lipinski definition) is 4. The molecule has 126 valence electrons. The number of benzene rings is 1. The van der Waals surface area contributed by atoms with E-state index in [1.165, 1.54) is 0 Å². The topological polar surface area (TPSA) is 80.3 Å². The molecule has 0 aliphatic heterocycles. The van der Waals surface area contributed by atoms with E-state index in [4.69, 9.17) is 4.74 Å². The highest BCUT2D eigenvalue weighted by atomic mass is 79.9. The number of carbonyl (C=O) groups excluding carboxylic acids is 2. The maximum atomic E-state index is 12.0. The fourth-order valence-electron chi connectivity index (χ4n) is 1.97. The first-order valence-corrected chi connectivity index (χ1v) is 8.26. The lowest BCUT2D eigenvalue weighted by Gasteiger charge is -2.10. The van der Waals surface area contributed by atoms with Gasteiger partial charge in [0.2, 0.25) is 11.8 Å². The van der Waals surface area contributed by atoms with Crippen LogP contribution in [0.3, 0.4) is 0 Å². The van der Waals surface area contributed by atoms with Crippen LogP contribution >= 0.6 is 15.9 Å². The van der Waals surface area contributed by atoms with Gasteiger partial charge < -0.3 is 15.4 Å². The Labute approximate surface area is 148 Å². The zero-order valence-electron chi connectivity index (χ0n) is 13.2. The number of hydrogen-bond donors (Lipinski definition) is 2. The zero-order valence-corrected chi connectivity index (χ0v) is 14.8. The number of rotatable bonds is 7. The molecule has 0 aliphatic carbocycles. The Morgan fingerprint density at radius 3 is 2.79 bits per heavy atom. The maximum absolute atomic E-state index is 12.0. The van der Waals surface area contributed by atoms with Gasteiger partial charge in [-0.15, -0.1) is 0 Å². The summed E-state index contributed by atoms with van der Waals surface area (Å²) in [5.74, 6) is -0.0917. The smallest absolute Gasteiger partial charge is 0.251 e. The highest BCUT2D eigenvalue weighted by Gasteiger charge is 2.10. The minimum absolute atomic E-state index is 0.102. The van der Waals surface area contributed by atoms with Gasteiger partial charge in [0.25, 0.3) is 5.91 Å². The van der Waals surface area contributed by atoms with Gasteiger partial charge in [-0.05, 0) is 31.2 Å². The Morgan fingerprint density at radius 2 is 2.04 bits per heavy atom. The summed E-state index contributed by atoms with van der Waals surface area (Å²) in [4.78, 5) is 28.0. The van der Waals surface area contributed by atoms with Gasteiger partial charge in [-0.2, -0.15) is 0 Å². The van der Waals surface area contributed by atoms with Crippen LogP contribution in [-0.2, 0) is 11.3 Å². The molecular formula is C17H18BrN3O3. The second kappa shape index (κ2) is 9.02. The van der Waals surface area contributed by atoms with Gasteiger partial charge in [0.1, 0.15) is 0 Å². The number of amides is 2. The quantitative estimate of drug-likeness (QED) is 0.758. The summed E-state index contributed by atoms with van der Waals surface area (Å²) in [7, 11) is 0. The minimum atomic E-state index is -0.303. The average Bonchev–Trinajstić information content (AvgIpc) is 2.59. The van der Waals surface area contributed by atoms with Gasteiger partial charge in [-0.1, -0.05) is 28.1 Å². The van der Waals surface area contributed by atoms with Gasteiger partial charge in [-0.25, -0.2) is 4.98 Å². The molecule has 0 atom stereocenters. The van der Waals surface area contributed by atoms with Crippen LogP contribution in [0.1, 0.15) is 22.8 Å². The second-order valence-electron chi connectivity index (χ2n) is 4.87. The molecule has 2 N–H and O–H groups in total. The van der Waals surface area contributed by atoms with E-state index in [1.54, 1.807) is 30.5 Å². The largest absolute Gasteiger partial charge is 0.478 e. The van der Waals surface area contributed by atoms with Gasteiger partial charge in [-0.3, -0.25) is 9.59 Å². The molecule has 7 heteroatoms. The van der Waals surface area contributed by atoms with E-state index in [-0.39, 0.29) is 24.9 Å². The molecule has 0 bridgehead atoms. The molecule has 1 heterocycles. The molecule has 24 heavy (non-hydrogen) atoms. The van der Waals surface area contributed by atoms with Crippen molar-refractivity contribution >= 4 is 27.7 Å². The van der Waals surface area contributed by atoms with Gasteiger partial charge in [0, 0.05) is 28.3 Å². The maximum Gasteiger partial charge on any atom is 0.251 e. The van der Waals surface area contributed by atoms with Crippen molar-refractivity contribution in [1.29, 1.82) is 0 Å². The number of pyridine rings is 1. The fraction of sp³-hybridized carbons (Fsp3) is 0.235. The molecule has 2 aromatic rings. The van der Waals surface area contributed by atoms with Crippen molar-refractivity contribution in [2.24, 2.45) is 0 Å². The number of aromatic nitrogens is 1. The Hall–Kier alpha value is -2.41. The standard InChI is InChI=1S/C17H18BrN3O3/c1-2-24-17-13(6-4-8-19-17)10-20-15(22)11-21-16(23)12-5-3-7-14(18)9-12/h3-9H,2,10-11H2,1H3,(H,20,22)(H,21,23). The molecule has 0 aliphatic rings. The molecule has 1 aromatic heterocycles. The lowest BCUT2D eigenvalue weighted by molar-refractivity contribution is -0.120. The fourth-order valence-corrected chi connectivity index (χ4v) is 2.37. The number of nitrogens with zero attached hydrogens (tertiary/aromatic N) is 1. The first kappa shape index (κ1) is 17.9. The summed E-state index contributed by atoms with van der Waals surface area (Å²) >= 11 is 3.30. The molecule has 0 spiro atoms. The van der Waals surface area contributed by atoms with Crippen molar-refractivity contribution < 1.29 is 14.3 Å². The first-order valence-electron chi connectivity index (χ1n) is 7.47. The van der Waals surface area contributed by atoms with E-state index in [2.05, 4.69) is 31.5 Å². The first-order chi connectivity index (χ1) is 11.6. The van der Waals surface area contributed by atoms with E-state index in [0.717, 1.165) is 10.0 Å². The van der Waals surface area contributed by atoms with Crippen molar-refractivity contribution in [2.45, 2.75) is 13.5 Å². The van der Waals surface area contributed by atoms with Gasteiger partial charge in [0.15, 0.2) is 0 Å². The van der Waals surface area contributed by atoms with Gasteiger partial charge >= 0.3 is 0 Å². The van der Waals surface area contributed by atoms with E-state index in [1.807, 2.05) is 19.1 Å². The number of ether oxygens (including phenoxy) is 1. The molecule has 0 saturated heterocycles. The predicted octanol–water partition coefficient (Wildman–Crippen LogP) is 2.29. The summed E-state index contributed by atoms with van der Waals surface area (Å²) < 4.78 is 6.21. The van der Waals surface area contributed by atoms with Crippen LogP contribution in [0.5, 0.6) is 5.88 Å². The normalized spacial score (nSPS) is 10.1. The average molecular weight is 392 g/mol. The lowest BCUT2D eigenvalue weighted by Crippen LogP contribution is -2.36. The Balaban J connectivity index is 1.83. The van der Waals surface area contributed by atoms with E-state index >= 15 is 0 Å². The molecule has 0 unspecified atom stereocenters. The Bertz CT molecular complexity index is 722. The molecule has 2 amide bonds. The molecule has 0 fully saturated rings. The third kappa shape index (κ3) is 5.34. The molecule has 1 aromatic carbocycles. The van der Waals surface area contributed by atoms with Crippen LogP contribution in [-0.4, -0.2) is 29.9 Å². The zero-order chi connectivity index (χ0) is 17.4. The summed E-state index contributed by atoms with van der Waals surface area (Å²) in [6.07, 6.45) is 1.63. The lowest BCUT2D eigenvalue weighted by atomic mass is 10.2. The summed E-state index contributed by atoms with van der Waals surface area (Å²) in [5, 5.41) is 5.32. The summed E-state index contributed by atoms with van der Waals surface area (Å²) in [6.45, 7) is 2.56. The van der Waals surface area contributed by atoms with Crippen molar-refractivity contribution in [2.75, 3.05) is 13.2 Å². The predicted molar refractivity (Wildman–Crippen MR) is 93.7 cm³/mol. The number of nitrogens with one attached hydrogen (secondary N) is 2. The summed E-state index contributed by atoms with van der Waals surface area (Å²) in [6, 6.07) is 10.6. The Morgan fingerprint density at radius 1 is 1.21 bits per heavy atom. The second-order valence-corrected chi connectivity index (χ2v) is 5.79.